The maximum Gasteiger partial charge on any atom is 0.249 e. The van der Waals surface area contributed by atoms with E-state index in [1.807, 2.05) is 63.1 Å². The number of phenols is 1. The molecule has 44 heavy (non-hydrogen) atoms. The van der Waals surface area contributed by atoms with E-state index in [1.54, 1.807) is 28.4 Å². The van der Waals surface area contributed by atoms with Gasteiger partial charge in [0.05, 0.1) is 10.4 Å². The van der Waals surface area contributed by atoms with Crippen molar-refractivity contribution in [1.82, 2.24) is 25.3 Å². The zero-order valence-electron chi connectivity index (χ0n) is 26.1. The maximum atomic E-state index is 13.2. The third kappa shape index (κ3) is 7.29. The number of fused-ring (bicyclic) bond motifs is 1. The zero-order valence-corrected chi connectivity index (χ0v) is 26.9. The first-order valence-corrected chi connectivity index (χ1v) is 16.4. The van der Waals surface area contributed by atoms with Crippen LogP contribution in [0.25, 0.3) is 21.5 Å². The highest BCUT2D eigenvalue weighted by molar-refractivity contribution is 7.19. The Kier molecular flexibility index (Phi) is 9.68. The normalized spacial score (nSPS) is 18.1. The molecule has 3 aromatic rings. The Hall–Kier alpha value is -3.79. The number of amides is 3. The number of rotatable bonds is 9. The Bertz CT molecular complexity index is 1540. The predicted octanol–water partition coefficient (Wildman–Crippen LogP) is 6.00. The highest BCUT2D eigenvalue weighted by atomic mass is 32.1. The number of carbonyl (C=O) groups excluding carboxylic acids is 3. The lowest BCUT2D eigenvalue weighted by molar-refractivity contribution is -0.138. The standard InChI is InChI=1S/C34H43N5O4S/c1-22-10-9-17-39(22)33(43)32(34(2,3)4)35-30(41)13-7-8-14-31(42)38-18-15-23(16-19-38)28-21-26-29(44-28)20-25(36-37-26)24-11-5-6-12-27(24)40/h5-6,9,11-12,17,20-23,32,40H,7-8,10,13-16,18-19H2,1-4H3,(H,35,41). The first-order chi connectivity index (χ1) is 21.0. The molecule has 234 valence electrons. The molecule has 3 amide bonds. The van der Waals surface area contributed by atoms with Crippen LogP contribution >= 0.6 is 11.3 Å². The number of aromatic hydroxyl groups is 1. The molecule has 1 aromatic carbocycles. The number of aromatic nitrogens is 2. The molecule has 1 saturated heterocycles. The summed E-state index contributed by atoms with van der Waals surface area (Å²) in [5.41, 5.74) is 1.76. The first kappa shape index (κ1) is 31.6. The molecule has 10 heteroatoms. The van der Waals surface area contributed by atoms with Gasteiger partial charge < -0.3 is 20.2 Å². The van der Waals surface area contributed by atoms with E-state index in [9.17, 15) is 19.5 Å². The number of hydrogen-bond donors (Lipinski definition) is 2. The quantitative estimate of drug-likeness (QED) is 0.285. The lowest BCUT2D eigenvalue weighted by Gasteiger charge is -2.34. The highest BCUT2D eigenvalue weighted by Crippen LogP contribution is 2.37. The lowest BCUT2D eigenvalue weighted by Crippen LogP contribution is -2.54. The molecule has 0 saturated carbocycles. The number of unbranched alkanes of at least 4 members (excludes halogenated alkanes) is 1. The third-order valence-electron chi connectivity index (χ3n) is 8.66. The van der Waals surface area contributed by atoms with E-state index in [-0.39, 0.29) is 29.5 Å². The second-order valence-electron chi connectivity index (χ2n) is 13.1. The van der Waals surface area contributed by atoms with Crippen LogP contribution in [0, 0.1) is 5.41 Å². The summed E-state index contributed by atoms with van der Waals surface area (Å²) in [6.45, 7) is 9.33. The summed E-state index contributed by atoms with van der Waals surface area (Å²) in [4.78, 5) is 43.8. The minimum atomic E-state index is -0.601. The van der Waals surface area contributed by atoms with Crippen LogP contribution < -0.4 is 5.32 Å². The topological polar surface area (TPSA) is 116 Å². The van der Waals surface area contributed by atoms with E-state index in [2.05, 4.69) is 21.6 Å². The van der Waals surface area contributed by atoms with Crippen LogP contribution in [-0.4, -0.2) is 68.0 Å². The van der Waals surface area contributed by atoms with Crippen molar-refractivity contribution in [2.75, 3.05) is 13.1 Å². The largest absolute Gasteiger partial charge is 0.507 e. The summed E-state index contributed by atoms with van der Waals surface area (Å²) >= 11 is 1.71. The summed E-state index contributed by atoms with van der Waals surface area (Å²) in [6, 6.07) is 10.7. The second kappa shape index (κ2) is 13.5. The van der Waals surface area contributed by atoms with Crippen molar-refractivity contribution in [1.29, 1.82) is 0 Å². The van der Waals surface area contributed by atoms with Crippen molar-refractivity contribution in [3.05, 3.63) is 53.6 Å². The number of nitrogens with one attached hydrogen (secondary N) is 1. The number of nitrogens with zero attached hydrogens (tertiary/aromatic N) is 4. The molecule has 1 fully saturated rings. The maximum absolute atomic E-state index is 13.2. The molecular formula is C34H43N5O4S. The van der Waals surface area contributed by atoms with Crippen molar-refractivity contribution >= 4 is 39.3 Å². The summed E-state index contributed by atoms with van der Waals surface area (Å²) < 4.78 is 1.04. The highest BCUT2D eigenvalue weighted by Gasteiger charge is 2.37. The van der Waals surface area contributed by atoms with Crippen LogP contribution in [0.4, 0.5) is 0 Å². The Morgan fingerprint density at radius 3 is 2.48 bits per heavy atom. The number of hydrogen-bond acceptors (Lipinski definition) is 7. The van der Waals surface area contributed by atoms with Gasteiger partial charge in [-0.3, -0.25) is 14.4 Å². The summed E-state index contributed by atoms with van der Waals surface area (Å²) in [7, 11) is 0. The Balaban J connectivity index is 1.06. The lowest BCUT2D eigenvalue weighted by atomic mass is 9.85. The van der Waals surface area contributed by atoms with E-state index in [0.29, 0.717) is 55.9 Å². The molecule has 0 bridgehead atoms. The molecule has 2 aliphatic heterocycles. The number of likely N-dealkylation sites (tertiary alicyclic amines) is 1. The number of thiophene rings is 1. The van der Waals surface area contributed by atoms with Crippen molar-refractivity contribution < 1.29 is 19.5 Å². The van der Waals surface area contributed by atoms with Gasteiger partial charge >= 0.3 is 0 Å². The summed E-state index contributed by atoms with van der Waals surface area (Å²) in [5.74, 6) is 0.461. The predicted molar refractivity (Wildman–Crippen MR) is 173 cm³/mol. The number of carbonyl (C=O) groups is 3. The molecule has 0 spiro atoms. The van der Waals surface area contributed by atoms with Gasteiger partial charge in [-0.25, -0.2) is 0 Å². The fraction of sp³-hybridized carbons (Fsp3) is 0.500. The van der Waals surface area contributed by atoms with Crippen molar-refractivity contribution in [3.63, 3.8) is 0 Å². The van der Waals surface area contributed by atoms with Crippen molar-refractivity contribution in [2.45, 2.75) is 90.6 Å². The van der Waals surface area contributed by atoms with E-state index in [4.69, 9.17) is 0 Å². The Morgan fingerprint density at radius 2 is 1.80 bits per heavy atom. The molecule has 4 heterocycles. The van der Waals surface area contributed by atoms with Gasteiger partial charge in [-0.15, -0.1) is 21.5 Å². The minimum Gasteiger partial charge on any atom is -0.507 e. The number of benzene rings is 1. The van der Waals surface area contributed by atoms with E-state index in [0.717, 1.165) is 29.5 Å². The minimum absolute atomic E-state index is 0.0773. The van der Waals surface area contributed by atoms with Crippen LogP contribution in [0.3, 0.4) is 0 Å². The smallest absolute Gasteiger partial charge is 0.249 e. The molecule has 0 aliphatic carbocycles. The van der Waals surface area contributed by atoms with Crippen molar-refractivity contribution in [2.24, 2.45) is 5.41 Å². The second-order valence-corrected chi connectivity index (χ2v) is 14.2. The van der Waals surface area contributed by atoms with Crippen LogP contribution in [0.5, 0.6) is 5.75 Å². The average Bonchev–Trinajstić information content (AvgIpc) is 3.63. The molecule has 5 rings (SSSR count). The molecule has 2 unspecified atom stereocenters. The van der Waals surface area contributed by atoms with Gasteiger partial charge in [0.15, 0.2) is 0 Å². The van der Waals surface area contributed by atoms with Crippen LogP contribution in [0.15, 0.2) is 48.7 Å². The Labute approximate surface area is 263 Å². The Morgan fingerprint density at radius 1 is 1.07 bits per heavy atom. The number of para-hydroxylation sites is 1. The van der Waals surface area contributed by atoms with Gasteiger partial charge in [0.25, 0.3) is 0 Å². The van der Waals surface area contributed by atoms with Gasteiger partial charge in [-0.05, 0) is 74.6 Å². The van der Waals surface area contributed by atoms with E-state index < -0.39 is 11.5 Å². The van der Waals surface area contributed by atoms with E-state index in [1.165, 1.54) is 4.88 Å². The number of piperidine rings is 1. The van der Waals surface area contributed by atoms with Crippen molar-refractivity contribution in [3.8, 4) is 17.0 Å². The monoisotopic (exact) mass is 617 g/mol. The van der Waals surface area contributed by atoms with Gasteiger partial charge in [0, 0.05) is 48.6 Å². The molecule has 0 radical (unpaired) electrons. The third-order valence-corrected chi connectivity index (χ3v) is 9.89. The van der Waals surface area contributed by atoms with Gasteiger partial charge in [-0.2, -0.15) is 0 Å². The van der Waals surface area contributed by atoms with Gasteiger partial charge in [0.2, 0.25) is 17.7 Å². The molecule has 2 aromatic heterocycles. The average molecular weight is 618 g/mol. The SMILES string of the molecule is CC1CC=CN1C(=O)C(NC(=O)CCCCC(=O)N1CCC(c2cc3nnc(-c4ccccc4O)cc3s2)CC1)C(C)(C)C. The van der Waals surface area contributed by atoms with Gasteiger partial charge in [-0.1, -0.05) is 39.0 Å². The summed E-state index contributed by atoms with van der Waals surface area (Å²) in [5, 5.41) is 21.9. The van der Waals surface area contributed by atoms with Gasteiger partial charge in [0.1, 0.15) is 17.3 Å². The van der Waals surface area contributed by atoms with Crippen LogP contribution in [-0.2, 0) is 14.4 Å². The molecule has 2 N–H and O–H groups in total. The fourth-order valence-corrected chi connectivity index (χ4v) is 7.17. The molecule has 9 nitrogen and oxygen atoms in total. The summed E-state index contributed by atoms with van der Waals surface area (Å²) in [6.07, 6.45) is 8.37. The van der Waals surface area contributed by atoms with Crippen LogP contribution in [0.1, 0.15) is 83.4 Å². The van der Waals surface area contributed by atoms with Crippen LogP contribution in [0.2, 0.25) is 0 Å². The zero-order chi connectivity index (χ0) is 31.4. The fourth-order valence-electron chi connectivity index (χ4n) is 5.97. The number of phenolic OH excluding ortho intramolecular Hbond substituents is 1. The first-order valence-electron chi connectivity index (χ1n) is 15.6. The molecule has 2 atom stereocenters. The van der Waals surface area contributed by atoms with E-state index >= 15 is 0 Å². The molecule has 2 aliphatic rings. The molecular weight excluding hydrogens is 574 g/mol.